The van der Waals surface area contributed by atoms with E-state index >= 15 is 0 Å². The second-order valence-corrected chi connectivity index (χ2v) is 4.18. The van der Waals surface area contributed by atoms with E-state index in [9.17, 15) is 9.90 Å². The van der Waals surface area contributed by atoms with Crippen LogP contribution in [0.1, 0.15) is 18.9 Å². The standard InChI is InChI=1S/C11H18N4O2/c1-2-3-8-9(16)13-11(14-10(8)17)15-6-4-12-5-7-15/h12H,2-7H2,1H3,(H2,13,14,16,17). The Morgan fingerprint density at radius 3 is 2.71 bits per heavy atom. The molecule has 0 spiro atoms. The molecule has 0 radical (unpaired) electrons. The number of anilines is 1. The number of hydrogen-bond donors (Lipinski definition) is 3. The first kappa shape index (κ1) is 11.9. The summed E-state index contributed by atoms with van der Waals surface area (Å²) in [5.74, 6) is 0.331. The van der Waals surface area contributed by atoms with Gasteiger partial charge in [-0.15, -0.1) is 0 Å². The van der Waals surface area contributed by atoms with Gasteiger partial charge in [-0.05, 0) is 6.42 Å². The molecule has 1 aromatic heterocycles. The van der Waals surface area contributed by atoms with Crippen LogP contribution < -0.4 is 15.8 Å². The van der Waals surface area contributed by atoms with Crippen LogP contribution in [0.2, 0.25) is 0 Å². The molecule has 0 aromatic carbocycles. The van der Waals surface area contributed by atoms with Crippen molar-refractivity contribution in [3.63, 3.8) is 0 Å². The first-order chi connectivity index (χ1) is 8.22. The minimum Gasteiger partial charge on any atom is -0.493 e. The summed E-state index contributed by atoms with van der Waals surface area (Å²) in [6, 6.07) is 0. The van der Waals surface area contributed by atoms with Gasteiger partial charge in [-0.25, -0.2) is 0 Å². The zero-order valence-corrected chi connectivity index (χ0v) is 9.99. The smallest absolute Gasteiger partial charge is 0.259 e. The van der Waals surface area contributed by atoms with Crippen LogP contribution in [0, 0.1) is 0 Å². The fourth-order valence-electron chi connectivity index (χ4n) is 1.98. The summed E-state index contributed by atoms with van der Waals surface area (Å²) in [4.78, 5) is 20.6. The topological polar surface area (TPSA) is 81.2 Å². The highest BCUT2D eigenvalue weighted by Gasteiger charge is 2.16. The maximum absolute atomic E-state index is 11.8. The summed E-state index contributed by atoms with van der Waals surface area (Å²) in [6.45, 7) is 5.26. The van der Waals surface area contributed by atoms with E-state index in [1.165, 1.54) is 0 Å². The van der Waals surface area contributed by atoms with E-state index in [1.54, 1.807) is 0 Å². The highest BCUT2D eigenvalue weighted by Crippen LogP contribution is 2.15. The van der Waals surface area contributed by atoms with E-state index < -0.39 is 0 Å². The lowest BCUT2D eigenvalue weighted by atomic mass is 10.2. The van der Waals surface area contributed by atoms with E-state index in [0.29, 0.717) is 17.9 Å². The molecule has 6 nitrogen and oxygen atoms in total. The van der Waals surface area contributed by atoms with Gasteiger partial charge in [0.15, 0.2) is 0 Å². The Hall–Kier alpha value is -1.56. The number of aromatic nitrogens is 2. The Labute approximate surface area is 99.7 Å². The monoisotopic (exact) mass is 238 g/mol. The van der Waals surface area contributed by atoms with Crippen LogP contribution in [0.15, 0.2) is 4.79 Å². The summed E-state index contributed by atoms with van der Waals surface area (Å²) in [6.07, 6.45) is 1.36. The Kier molecular flexibility index (Phi) is 3.63. The van der Waals surface area contributed by atoms with Crippen LogP contribution in [0.4, 0.5) is 5.95 Å². The molecule has 3 N–H and O–H groups in total. The molecule has 17 heavy (non-hydrogen) atoms. The van der Waals surface area contributed by atoms with E-state index in [4.69, 9.17) is 0 Å². The van der Waals surface area contributed by atoms with Crippen molar-refractivity contribution in [2.75, 3.05) is 31.1 Å². The average Bonchev–Trinajstić information content (AvgIpc) is 2.35. The van der Waals surface area contributed by atoms with Crippen LogP contribution in [0.3, 0.4) is 0 Å². The Bertz CT molecular complexity index is 438. The first-order valence-electron chi connectivity index (χ1n) is 6.00. The minimum absolute atomic E-state index is 0.135. The van der Waals surface area contributed by atoms with Crippen LogP contribution in [0.5, 0.6) is 5.88 Å². The van der Waals surface area contributed by atoms with Crippen molar-refractivity contribution in [1.29, 1.82) is 0 Å². The van der Waals surface area contributed by atoms with Crippen molar-refractivity contribution in [2.24, 2.45) is 0 Å². The third-order valence-electron chi connectivity index (χ3n) is 2.90. The fraction of sp³-hybridized carbons (Fsp3) is 0.636. The number of piperazine rings is 1. The molecule has 0 aliphatic carbocycles. The molecular formula is C11H18N4O2. The van der Waals surface area contributed by atoms with Crippen molar-refractivity contribution in [2.45, 2.75) is 19.8 Å². The highest BCUT2D eigenvalue weighted by molar-refractivity contribution is 5.36. The molecule has 1 aliphatic rings. The number of aromatic amines is 1. The van der Waals surface area contributed by atoms with E-state index in [1.807, 2.05) is 11.8 Å². The quantitative estimate of drug-likeness (QED) is 0.681. The normalized spacial score (nSPS) is 16.2. The van der Waals surface area contributed by atoms with Gasteiger partial charge in [0.1, 0.15) is 0 Å². The Morgan fingerprint density at radius 2 is 2.12 bits per heavy atom. The fourth-order valence-corrected chi connectivity index (χ4v) is 1.98. The van der Waals surface area contributed by atoms with Crippen LogP contribution in [-0.4, -0.2) is 41.3 Å². The van der Waals surface area contributed by atoms with Gasteiger partial charge >= 0.3 is 0 Å². The number of nitrogens with zero attached hydrogens (tertiary/aromatic N) is 2. The third kappa shape index (κ3) is 2.58. The molecule has 1 aliphatic heterocycles. The largest absolute Gasteiger partial charge is 0.493 e. The molecule has 0 atom stereocenters. The van der Waals surface area contributed by atoms with Crippen molar-refractivity contribution < 1.29 is 5.11 Å². The lowest BCUT2D eigenvalue weighted by molar-refractivity contribution is 0.440. The van der Waals surface area contributed by atoms with Crippen molar-refractivity contribution in [3.05, 3.63) is 15.9 Å². The van der Waals surface area contributed by atoms with Gasteiger partial charge in [-0.1, -0.05) is 13.3 Å². The van der Waals surface area contributed by atoms with Crippen LogP contribution >= 0.6 is 0 Å². The number of aromatic hydroxyl groups is 1. The first-order valence-corrected chi connectivity index (χ1v) is 6.00. The maximum atomic E-state index is 11.8. The second-order valence-electron chi connectivity index (χ2n) is 4.18. The highest BCUT2D eigenvalue weighted by atomic mass is 16.3. The molecule has 94 valence electrons. The number of rotatable bonds is 3. The molecule has 1 fully saturated rings. The van der Waals surface area contributed by atoms with Gasteiger partial charge in [0.2, 0.25) is 11.8 Å². The average molecular weight is 238 g/mol. The molecule has 0 bridgehead atoms. The summed E-state index contributed by atoms with van der Waals surface area (Å²) >= 11 is 0. The molecule has 0 saturated carbocycles. The van der Waals surface area contributed by atoms with Crippen LogP contribution in [0.25, 0.3) is 0 Å². The lowest BCUT2D eigenvalue weighted by Gasteiger charge is -2.27. The van der Waals surface area contributed by atoms with Gasteiger partial charge in [0, 0.05) is 26.2 Å². The Balaban J connectivity index is 2.27. The van der Waals surface area contributed by atoms with Crippen molar-refractivity contribution in [3.8, 4) is 5.88 Å². The zero-order valence-electron chi connectivity index (χ0n) is 9.99. The Morgan fingerprint density at radius 1 is 1.41 bits per heavy atom. The summed E-state index contributed by atoms with van der Waals surface area (Å²) in [5.41, 5.74) is 0.152. The predicted octanol–water partition coefficient (Wildman–Crippen LogP) is -0.162. The molecule has 6 heteroatoms. The van der Waals surface area contributed by atoms with E-state index in [0.717, 1.165) is 32.6 Å². The van der Waals surface area contributed by atoms with E-state index in [-0.39, 0.29) is 11.4 Å². The SMILES string of the molecule is CCCc1c(O)nc(N2CCNCC2)[nH]c1=O. The molecule has 1 saturated heterocycles. The number of hydrogen-bond acceptors (Lipinski definition) is 5. The van der Waals surface area contributed by atoms with Gasteiger partial charge in [0.25, 0.3) is 5.56 Å². The lowest BCUT2D eigenvalue weighted by Crippen LogP contribution is -2.44. The minimum atomic E-state index is -0.229. The third-order valence-corrected chi connectivity index (χ3v) is 2.90. The molecule has 0 amide bonds. The summed E-state index contributed by atoms with van der Waals surface area (Å²) in [7, 11) is 0. The molecule has 0 unspecified atom stereocenters. The molecule has 2 heterocycles. The van der Waals surface area contributed by atoms with Crippen LogP contribution in [-0.2, 0) is 6.42 Å². The predicted molar refractivity (Wildman–Crippen MR) is 65.6 cm³/mol. The molecule has 1 aromatic rings. The van der Waals surface area contributed by atoms with Crippen molar-refractivity contribution in [1.82, 2.24) is 15.3 Å². The molecule has 2 rings (SSSR count). The van der Waals surface area contributed by atoms with Gasteiger partial charge in [-0.3, -0.25) is 9.78 Å². The zero-order chi connectivity index (χ0) is 12.3. The van der Waals surface area contributed by atoms with Gasteiger partial charge < -0.3 is 15.3 Å². The number of nitrogens with one attached hydrogen (secondary N) is 2. The summed E-state index contributed by atoms with van der Waals surface area (Å²) < 4.78 is 0. The van der Waals surface area contributed by atoms with Gasteiger partial charge in [-0.2, -0.15) is 4.98 Å². The maximum Gasteiger partial charge on any atom is 0.259 e. The molecular weight excluding hydrogens is 220 g/mol. The van der Waals surface area contributed by atoms with Gasteiger partial charge in [0.05, 0.1) is 5.56 Å². The van der Waals surface area contributed by atoms with E-state index in [2.05, 4.69) is 15.3 Å². The summed E-state index contributed by atoms with van der Waals surface area (Å²) in [5, 5.41) is 13.0. The van der Waals surface area contributed by atoms with Crippen molar-refractivity contribution >= 4 is 5.95 Å². The number of H-pyrrole nitrogens is 1. The second kappa shape index (κ2) is 5.18.